The van der Waals surface area contributed by atoms with Gasteiger partial charge in [0.25, 0.3) is 0 Å². The van der Waals surface area contributed by atoms with Crippen LogP contribution in [0.4, 0.5) is 0 Å². The fourth-order valence-corrected chi connectivity index (χ4v) is 0.705. The van der Waals surface area contributed by atoms with Crippen molar-refractivity contribution in [2.45, 2.75) is 19.1 Å². The molecule has 0 bridgehead atoms. The number of aliphatic carboxylic acids is 1. The van der Waals surface area contributed by atoms with Gasteiger partial charge in [-0.1, -0.05) is 0 Å². The van der Waals surface area contributed by atoms with E-state index in [1.807, 2.05) is 0 Å². The molecule has 0 aliphatic rings. The van der Waals surface area contributed by atoms with Crippen molar-refractivity contribution in [2.75, 3.05) is 6.61 Å². The standard InChI is InChI=1S/C6H12N2O4/c1-2-12-6(8,5(10)11)3-4(7)9/h2-3,8H2,1H3,(H2,7,9)(H,10,11)/t6-/m1/s1. The Morgan fingerprint density at radius 3 is 2.33 bits per heavy atom. The van der Waals surface area contributed by atoms with E-state index in [-0.39, 0.29) is 6.61 Å². The normalized spacial score (nSPS) is 15.2. The van der Waals surface area contributed by atoms with Gasteiger partial charge in [0.05, 0.1) is 6.42 Å². The third-order valence-corrected chi connectivity index (χ3v) is 1.20. The van der Waals surface area contributed by atoms with Crippen LogP contribution in [0.3, 0.4) is 0 Å². The van der Waals surface area contributed by atoms with Gasteiger partial charge in [-0.2, -0.15) is 0 Å². The van der Waals surface area contributed by atoms with E-state index in [1.165, 1.54) is 0 Å². The van der Waals surface area contributed by atoms with Crippen LogP contribution in [0, 0.1) is 0 Å². The van der Waals surface area contributed by atoms with Gasteiger partial charge < -0.3 is 15.6 Å². The Bertz CT molecular complexity index is 194. The highest BCUT2D eigenvalue weighted by atomic mass is 16.5. The second kappa shape index (κ2) is 4.03. The van der Waals surface area contributed by atoms with Crippen molar-refractivity contribution in [1.82, 2.24) is 0 Å². The first-order chi connectivity index (χ1) is 5.42. The number of rotatable bonds is 5. The van der Waals surface area contributed by atoms with Gasteiger partial charge in [0.15, 0.2) is 0 Å². The molecule has 0 fully saturated rings. The first-order valence-electron chi connectivity index (χ1n) is 3.37. The molecule has 0 saturated carbocycles. The summed E-state index contributed by atoms with van der Waals surface area (Å²) in [5.74, 6) is -2.21. The van der Waals surface area contributed by atoms with E-state index in [0.29, 0.717) is 0 Å². The molecule has 1 atom stereocenters. The van der Waals surface area contributed by atoms with E-state index in [2.05, 4.69) is 4.74 Å². The summed E-state index contributed by atoms with van der Waals surface area (Å²) in [6.45, 7) is 1.68. The van der Waals surface area contributed by atoms with E-state index in [0.717, 1.165) is 0 Å². The average molecular weight is 176 g/mol. The minimum Gasteiger partial charge on any atom is -0.478 e. The molecule has 6 heteroatoms. The van der Waals surface area contributed by atoms with Crippen LogP contribution in [-0.2, 0) is 14.3 Å². The number of hydrogen-bond donors (Lipinski definition) is 3. The number of primary amides is 1. The van der Waals surface area contributed by atoms with E-state index in [9.17, 15) is 9.59 Å². The van der Waals surface area contributed by atoms with Crippen LogP contribution in [0.1, 0.15) is 13.3 Å². The molecular formula is C6H12N2O4. The number of hydrogen-bond acceptors (Lipinski definition) is 4. The average Bonchev–Trinajstić information content (AvgIpc) is 1.85. The maximum absolute atomic E-state index is 10.5. The lowest BCUT2D eigenvalue weighted by molar-refractivity contribution is -0.167. The summed E-state index contributed by atoms with van der Waals surface area (Å²) in [7, 11) is 0. The summed E-state index contributed by atoms with van der Waals surface area (Å²) in [5.41, 5.74) is 8.03. The second-order valence-corrected chi connectivity index (χ2v) is 2.27. The Labute approximate surface area is 69.5 Å². The van der Waals surface area contributed by atoms with Gasteiger partial charge in [-0.25, -0.2) is 4.79 Å². The van der Waals surface area contributed by atoms with Gasteiger partial charge in [-0.3, -0.25) is 10.5 Å². The van der Waals surface area contributed by atoms with Crippen LogP contribution in [0.15, 0.2) is 0 Å². The van der Waals surface area contributed by atoms with Crippen LogP contribution in [0.5, 0.6) is 0 Å². The van der Waals surface area contributed by atoms with E-state index in [4.69, 9.17) is 16.6 Å². The SMILES string of the molecule is CCO[C@](N)(CC(N)=O)C(=O)O. The van der Waals surface area contributed by atoms with Crippen molar-refractivity contribution >= 4 is 11.9 Å². The summed E-state index contributed by atoms with van der Waals surface area (Å²) in [6, 6.07) is 0. The number of amides is 1. The van der Waals surface area contributed by atoms with Gasteiger partial charge in [0.1, 0.15) is 0 Å². The third kappa shape index (κ3) is 2.85. The van der Waals surface area contributed by atoms with E-state index in [1.54, 1.807) is 6.92 Å². The van der Waals surface area contributed by atoms with Crippen molar-refractivity contribution in [3.8, 4) is 0 Å². The molecule has 0 heterocycles. The smallest absolute Gasteiger partial charge is 0.351 e. The molecular weight excluding hydrogens is 164 g/mol. The first kappa shape index (κ1) is 10.9. The summed E-state index contributed by atoms with van der Waals surface area (Å²) in [6.07, 6.45) is -0.532. The zero-order chi connectivity index (χ0) is 9.78. The molecule has 0 aromatic heterocycles. The van der Waals surface area contributed by atoms with Crippen LogP contribution >= 0.6 is 0 Å². The maximum Gasteiger partial charge on any atom is 0.351 e. The molecule has 0 aromatic rings. The predicted molar refractivity (Wildman–Crippen MR) is 40.0 cm³/mol. The molecule has 0 unspecified atom stereocenters. The topological polar surface area (TPSA) is 116 Å². The number of carbonyl (C=O) groups excluding carboxylic acids is 1. The number of carboxylic acids is 1. The summed E-state index contributed by atoms with van der Waals surface area (Å²) in [4.78, 5) is 20.9. The molecule has 0 aromatic carbocycles. The van der Waals surface area contributed by atoms with Crippen molar-refractivity contribution in [3.05, 3.63) is 0 Å². The minimum atomic E-state index is -1.99. The lowest BCUT2D eigenvalue weighted by Crippen LogP contribution is -2.52. The summed E-state index contributed by atoms with van der Waals surface area (Å²) in [5, 5.41) is 8.55. The van der Waals surface area contributed by atoms with Crippen molar-refractivity contribution in [3.63, 3.8) is 0 Å². The molecule has 0 rings (SSSR count). The zero-order valence-electron chi connectivity index (χ0n) is 6.74. The largest absolute Gasteiger partial charge is 0.478 e. The monoisotopic (exact) mass is 176 g/mol. The fourth-order valence-electron chi connectivity index (χ4n) is 0.705. The number of carboxylic acid groups (broad SMARTS) is 1. The summed E-state index contributed by atoms with van der Waals surface area (Å²) >= 11 is 0. The van der Waals surface area contributed by atoms with Crippen molar-refractivity contribution in [1.29, 1.82) is 0 Å². The molecule has 6 nitrogen and oxygen atoms in total. The first-order valence-corrected chi connectivity index (χ1v) is 3.37. The molecule has 70 valence electrons. The third-order valence-electron chi connectivity index (χ3n) is 1.20. The Hall–Kier alpha value is -1.14. The van der Waals surface area contributed by atoms with Crippen LogP contribution in [-0.4, -0.2) is 29.3 Å². The Morgan fingerprint density at radius 2 is 2.08 bits per heavy atom. The maximum atomic E-state index is 10.5. The molecule has 0 aliphatic heterocycles. The molecule has 12 heavy (non-hydrogen) atoms. The molecule has 0 spiro atoms. The number of carbonyl (C=O) groups is 2. The summed E-state index contributed by atoms with van der Waals surface area (Å²) < 4.78 is 4.68. The lowest BCUT2D eigenvalue weighted by Gasteiger charge is -2.22. The van der Waals surface area contributed by atoms with Gasteiger partial charge in [-0.05, 0) is 6.92 Å². The second-order valence-electron chi connectivity index (χ2n) is 2.27. The van der Waals surface area contributed by atoms with Crippen LogP contribution in [0.25, 0.3) is 0 Å². The highest BCUT2D eigenvalue weighted by molar-refractivity contribution is 5.85. The Balaban J connectivity index is 4.38. The quantitative estimate of drug-likeness (QED) is 0.447. The van der Waals surface area contributed by atoms with Gasteiger partial charge in [-0.15, -0.1) is 0 Å². The van der Waals surface area contributed by atoms with Gasteiger partial charge in [0, 0.05) is 6.61 Å². The number of nitrogens with two attached hydrogens (primary N) is 2. The highest BCUT2D eigenvalue weighted by Gasteiger charge is 2.36. The molecule has 0 radical (unpaired) electrons. The van der Waals surface area contributed by atoms with Crippen molar-refractivity contribution < 1.29 is 19.4 Å². The molecule has 5 N–H and O–H groups in total. The molecule has 0 saturated heterocycles. The lowest BCUT2D eigenvalue weighted by atomic mass is 10.1. The fraction of sp³-hybridized carbons (Fsp3) is 0.667. The van der Waals surface area contributed by atoms with E-state index >= 15 is 0 Å². The van der Waals surface area contributed by atoms with Gasteiger partial charge >= 0.3 is 5.97 Å². The van der Waals surface area contributed by atoms with Crippen LogP contribution in [0.2, 0.25) is 0 Å². The predicted octanol–water partition coefficient (Wildman–Crippen LogP) is -1.36. The Kier molecular flexibility index (Phi) is 3.65. The van der Waals surface area contributed by atoms with Crippen LogP contribution < -0.4 is 11.5 Å². The van der Waals surface area contributed by atoms with Crippen molar-refractivity contribution in [2.24, 2.45) is 11.5 Å². The zero-order valence-corrected chi connectivity index (χ0v) is 6.74. The molecule has 1 amide bonds. The molecule has 0 aliphatic carbocycles. The minimum absolute atomic E-state index is 0.107. The Morgan fingerprint density at radius 1 is 1.58 bits per heavy atom. The number of ether oxygens (including phenoxy) is 1. The van der Waals surface area contributed by atoms with Gasteiger partial charge in [0.2, 0.25) is 11.6 Å². The highest BCUT2D eigenvalue weighted by Crippen LogP contribution is 2.08. The van der Waals surface area contributed by atoms with E-state index < -0.39 is 24.0 Å².